The third-order valence-electron chi connectivity index (χ3n) is 4.31. The molecule has 3 N–H and O–H groups in total. The lowest BCUT2D eigenvalue weighted by molar-refractivity contribution is -0.116. The standard InChI is InChI=1S/C23H32N4O3/c1-5-8-22(28)27-19-10-6-9-18(13-19)16-26-23(24-3)25-15-17(2)30-21-12-7-11-20(14-21)29-4/h6-7,9-14,17H,5,8,15-16H2,1-4H3,(H,27,28)(H2,24,25,26). The molecule has 2 rings (SSSR count). The largest absolute Gasteiger partial charge is 0.497 e. The van der Waals surface area contributed by atoms with E-state index in [1.807, 2.05) is 62.4 Å². The first kappa shape index (κ1) is 23.1. The Balaban J connectivity index is 1.81. The monoisotopic (exact) mass is 412 g/mol. The van der Waals surface area contributed by atoms with E-state index in [2.05, 4.69) is 20.9 Å². The molecule has 7 heteroatoms. The summed E-state index contributed by atoms with van der Waals surface area (Å²) in [5.41, 5.74) is 1.85. The van der Waals surface area contributed by atoms with Gasteiger partial charge in [0.1, 0.15) is 17.6 Å². The van der Waals surface area contributed by atoms with Crippen molar-refractivity contribution >= 4 is 17.6 Å². The molecule has 0 fully saturated rings. The van der Waals surface area contributed by atoms with Gasteiger partial charge in [-0.25, -0.2) is 0 Å². The first-order valence-electron chi connectivity index (χ1n) is 10.2. The van der Waals surface area contributed by atoms with Gasteiger partial charge in [-0.1, -0.05) is 25.1 Å². The van der Waals surface area contributed by atoms with Gasteiger partial charge < -0.3 is 25.4 Å². The number of benzene rings is 2. The number of carbonyl (C=O) groups excluding carboxylic acids is 1. The van der Waals surface area contributed by atoms with Gasteiger partial charge in [-0.2, -0.15) is 0 Å². The maximum atomic E-state index is 11.8. The molecule has 162 valence electrons. The van der Waals surface area contributed by atoms with Crippen molar-refractivity contribution in [2.75, 3.05) is 26.0 Å². The van der Waals surface area contributed by atoms with E-state index in [0.717, 1.165) is 29.2 Å². The minimum atomic E-state index is -0.0623. The predicted octanol–water partition coefficient (Wildman–Crippen LogP) is 3.57. The molecule has 1 unspecified atom stereocenters. The minimum absolute atomic E-state index is 0.0325. The molecule has 0 saturated carbocycles. The molecule has 0 spiro atoms. The van der Waals surface area contributed by atoms with Gasteiger partial charge in [-0.15, -0.1) is 0 Å². The Morgan fingerprint density at radius 2 is 1.87 bits per heavy atom. The van der Waals surface area contributed by atoms with Crippen molar-refractivity contribution in [3.63, 3.8) is 0 Å². The second-order valence-corrected chi connectivity index (χ2v) is 6.91. The highest BCUT2D eigenvalue weighted by molar-refractivity contribution is 5.90. The predicted molar refractivity (Wildman–Crippen MR) is 121 cm³/mol. The Morgan fingerprint density at radius 1 is 1.10 bits per heavy atom. The molecular weight excluding hydrogens is 380 g/mol. The molecule has 0 aromatic heterocycles. The summed E-state index contributed by atoms with van der Waals surface area (Å²) >= 11 is 0. The van der Waals surface area contributed by atoms with Crippen molar-refractivity contribution < 1.29 is 14.3 Å². The number of guanidine groups is 1. The number of nitrogens with one attached hydrogen (secondary N) is 3. The van der Waals surface area contributed by atoms with Gasteiger partial charge in [0.05, 0.1) is 13.7 Å². The first-order valence-corrected chi connectivity index (χ1v) is 10.2. The molecule has 0 radical (unpaired) electrons. The van der Waals surface area contributed by atoms with Crippen molar-refractivity contribution in [3.8, 4) is 11.5 Å². The van der Waals surface area contributed by atoms with Crippen molar-refractivity contribution in [1.29, 1.82) is 0 Å². The van der Waals surface area contributed by atoms with Crippen molar-refractivity contribution in [2.45, 2.75) is 39.3 Å². The number of rotatable bonds is 10. The summed E-state index contributed by atoms with van der Waals surface area (Å²) in [5, 5.41) is 9.46. The van der Waals surface area contributed by atoms with E-state index in [0.29, 0.717) is 25.5 Å². The van der Waals surface area contributed by atoms with Crippen LogP contribution in [-0.2, 0) is 11.3 Å². The summed E-state index contributed by atoms with van der Waals surface area (Å²) in [5.74, 6) is 2.23. The van der Waals surface area contributed by atoms with Gasteiger partial charge in [-0.05, 0) is 43.2 Å². The second kappa shape index (κ2) is 12.4. The molecule has 0 bridgehead atoms. The minimum Gasteiger partial charge on any atom is -0.497 e. The molecule has 1 amide bonds. The number of ether oxygens (including phenoxy) is 2. The lowest BCUT2D eigenvalue weighted by Gasteiger charge is -2.18. The lowest BCUT2D eigenvalue weighted by Crippen LogP contribution is -2.41. The molecule has 0 heterocycles. The van der Waals surface area contributed by atoms with E-state index in [9.17, 15) is 4.79 Å². The van der Waals surface area contributed by atoms with Crippen LogP contribution in [0.2, 0.25) is 0 Å². The Morgan fingerprint density at radius 3 is 2.60 bits per heavy atom. The van der Waals surface area contributed by atoms with Crippen LogP contribution < -0.4 is 25.4 Å². The fraction of sp³-hybridized carbons (Fsp3) is 0.391. The molecule has 2 aromatic rings. The Labute approximate surface area is 178 Å². The average Bonchev–Trinajstić information content (AvgIpc) is 2.74. The van der Waals surface area contributed by atoms with Crippen LogP contribution in [0, 0.1) is 0 Å². The highest BCUT2D eigenvalue weighted by Crippen LogP contribution is 2.19. The number of methoxy groups -OCH3 is 1. The SMILES string of the molecule is CCCC(=O)Nc1cccc(CNC(=NC)NCC(C)Oc2cccc(OC)c2)c1. The first-order chi connectivity index (χ1) is 14.5. The van der Waals surface area contributed by atoms with Gasteiger partial charge in [0.2, 0.25) is 5.91 Å². The summed E-state index contributed by atoms with van der Waals surface area (Å²) < 4.78 is 11.1. The summed E-state index contributed by atoms with van der Waals surface area (Å²) in [6.45, 7) is 5.15. The van der Waals surface area contributed by atoms with Gasteiger partial charge in [-0.3, -0.25) is 9.79 Å². The number of hydrogen-bond acceptors (Lipinski definition) is 4. The molecule has 2 aromatic carbocycles. The molecule has 0 aliphatic heterocycles. The molecule has 1 atom stereocenters. The Hall–Kier alpha value is -3.22. The third-order valence-corrected chi connectivity index (χ3v) is 4.31. The zero-order valence-electron chi connectivity index (χ0n) is 18.2. The van der Waals surface area contributed by atoms with E-state index >= 15 is 0 Å². The van der Waals surface area contributed by atoms with Gasteiger partial charge in [0.25, 0.3) is 0 Å². The fourth-order valence-corrected chi connectivity index (χ4v) is 2.80. The number of amides is 1. The number of carbonyl (C=O) groups is 1. The van der Waals surface area contributed by atoms with Crippen LogP contribution >= 0.6 is 0 Å². The van der Waals surface area contributed by atoms with Crippen LogP contribution in [0.5, 0.6) is 11.5 Å². The zero-order chi connectivity index (χ0) is 21.8. The number of anilines is 1. The summed E-state index contributed by atoms with van der Waals surface area (Å²) in [7, 11) is 3.36. The summed E-state index contributed by atoms with van der Waals surface area (Å²) in [6, 6.07) is 15.3. The molecule has 30 heavy (non-hydrogen) atoms. The van der Waals surface area contributed by atoms with Crippen LogP contribution in [0.3, 0.4) is 0 Å². The smallest absolute Gasteiger partial charge is 0.224 e. The number of nitrogens with zero attached hydrogens (tertiary/aromatic N) is 1. The van der Waals surface area contributed by atoms with Crippen molar-refractivity contribution in [2.24, 2.45) is 4.99 Å². The molecule has 0 aliphatic carbocycles. The highest BCUT2D eigenvalue weighted by atomic mass is 16.5. The van der Waals surface area contributed by atoms with Gasteiger partial charge in [0, 0.05) is 31.8 Å². The van der Waals surface area contributed by atoms with Gasteiger partial charge in [0.15, 0.2) is 5.96 Å². The molecular formula is C23H32N4O3. The maximum Gasteiger partial charge on any atom is 0.224 e. The van der Waals surface area contributed by atoms with Crippen LogP contribution in [0.4, 0.5) is 5.69 Å². The Kier molecular flexibility index (Phi) is 9.51. The zero-order valence-corrected chi connectivity index (χ0v) is 18.2. The van der Waals surface area contributed by atoms with Crippen molar-refractivity contribution in [3.05, 3.63) is 54.1 Å². The third kappa shape index (κ3) is 8.03. The lowest BCUT2D eigenvalue weighted by atomic mass is 10.2. The van der Waals surface area contributed by atoms with E-state index in [-0.39, 0.29) is 12.0 Å². The number of aliphatic imine (C=N–C) groups is 1. The quantitative estimate of drug-likeness (QED) is 0.410. The molecule has 7 nitrogen and oxygen atoms in total. The number of hydrogen-bond donors (Lipinski definition) is 3. The van der Waals surface area contributed by atoms with E-state index in [4.69, 9.17) is 9.47 Å². The van der Waals surface area contributed by atoms with E-state index in [1.54, 1.807) is 14.2 Å². The average molecular weight is 413 g/mol. The normalized spacial score (nSPS) is 12.1. The molecule has 0 saturated heterocycles. The Bertz CT molecular complexity index is 839. The topological polar surface area (TPSA) is 84.0 Å². The van der Waals surface area contributed by atoms with Gasteiger partial charge >= 0.3 is 0 Å². The van der Waals surface area contributed by atoms with Crippen LogP contribution in [0.1, 0.15) is 32.3 Å². The second-order valence-electron chi connectivity index (χ2n) is 6.91. The van der Waals surface area contributed by atoms with E-state index in [1.165, 1.54) is 0 Å². The summed E-state index contributed by atoms with van der Waals surface area (Å²) in [4.78, 5) is 16.0. The summed E-state index contributed by atoms with van der Waals surface area (Å²) in [6.07, 6.45) is 1.29. The fourth-order valence-electron chi connectivity index (χ4n) is 2.80. The maximum absolute atomic E-state index is 11.8. The molecule has 0 aliphatic rings. The van der Waals surface area contributed by atoms with Crippen LogP contribution in [0.25, 0.3) is 0 Å². The van der Waals surface area contributed by atoms with E-state index < -0.39 is 0 Å². The van der Waals surface area contributed by atoms with Crippen LogP contribution in [-0.4, -0.2) is 38.7 Å². The van der Waals surface area contributed by atoms with Crippen LogP contribution in [0.15, 0.2) is 53.5 Å². The van der Waals surface area contributed by atoms with Crippen molar-refractivity contribution in [1.82, 2.24) is 10.6 Å². The highest BCUT2D eigenvalue weighted by Gasteiger charge is 2.07.